The van der Waals surface area contributed by atoms with Crippen LogP contribution in [-0.4, -0.2) is 47.2 Å². The lowest BCUT2D eigenvalue weighted by Crippen LogP contribution is -2.46. The van der Waals surface area contributed by atoms with E-state index in [1.165, 1.54) is 12.8 Å². The molecule has 0 aromatic rings. The van der Waals surface area contributed by atoms with Gasteiger partial charge in [-0.15, -0.1) is 0 Å². The zero-order valence-corrected chi connectivity index (χ0v) is 12.7. The van der Waals surface area contributed by atoms with Gasteiger partial charge in [-0.25, -0.2) is 0 Å². The molecule has 0 aromatic carbocycles. The van der Waals surface area contributed by atoms with E-state index >= 15 is 0 Å². The van der Waals surface area contributed by atoms with Crippen LogP contribution in [0.25, 0.3) is 0 Å². The molecule has 0 aromatic heterocycles. The lowest BCUT2D eigenvalue weighted by Gasteiger charge is -2.27. The molecular weight excluding hydrogens is 240 g/mol. The standard InChI is InChI=1S/C15H30N2O2/c1-4-5-6-10-16-14(18)13(2)17-11-7-8-15(3,19)9-12-17/h13,19H,4-12H2,1-3H3,(H,16,18). The number of rotatable bonds is 6. The Morgan fingerprint density at radius 1 is 1.37 bits per heavy atom. The van der Waals surface area contributed by atoms with Gasteiger partial charge in [-0.05, 0) is 46.1 Å². The molecule has 0 saturated carbocycles. The highest BCUT2D eigenvalue weighted by molar-refractivity contribution is 5.81. The molecule has 1 saturated heterocycles. The largest absolute Gasteiger partial charge is 0.390 e. The number of likely N-dealkylation sites (tertiary alicyclic amines) is 1. The van der Waals surface area contributed by atoms with E-state index in [0.29, 0.717) is 0 Å². The van der Waals surface area contributed by atoms with E-state index in [9.17, 15) is 9.90 Å². The summed E-state index contributed by atoms with van der Waals surface area (Å²) in [4.78, 5) is 14.3. The van der Waals surface area contributed by atoms with Crippen LogP contribution in [0.3, 0.4) is 0 Å². The van der Waals surface area contributed by atoms with Crippen molar-refractivity contribution in [3.63, 3.8) is 0 Å². The van der Waals surface area contributed by atoms with Gasteiger partial charge in [0, 0.05) is 13.1 Å². The maximum Gasteiger partial charge on any atom is 0.237 e. The van der Waals surface area contributed by atoms with Gasteiger partial charge in [0.05, 0.1) is 11.6 Å². The lowest BCUT2D eigenvalue weighted by molar-refractivity contribution is -0.126. The summed E-state index contributed by atoms with van der Waals surface area (Å²) in [5.74, 6) is 0.123. The van der Waals surface area contributed by atoms with Crippen LogP contribution in [0.4, 0.5) is 0 Å². The third-order valence-corrected chi connectivity index (χ3v) is 4.11. The van der Waals surface area contributed by atoms with Crippen molar-refractivity contribution in [2.75, 3.05) is 19.6 Å². The van der Waals surface area contributed by atoms with Crippen molar-refractivity contribution in [2.24, 2.45) is 0 Å². The molecule has 19 heavy (non-hydrogen) atoms. The Bertz CT molecular complexity index is 279. The van der Waals surface area contributed by atoms with Crippen LogP contribution in [0.15, 0.2) is 0 Å². The first-order valence-corrected chi connectivity index (χ1v) is 7.70. The number of nitrogens with zero attached hydrogens (tertiary/aromatic N) is 1. The summed E-state index contributed by atoms with van der Waals surface area (Å²) in [6.07, 6.45) is 5.94. The average Bonchev–Trinajstić information content (AvgIpc) is 2.54. The first-order valence-electron chi connectivity index (χ1n) is 7.70. The number of carbonyl (C=O) groups excluding carboxylic acids is 1. The van der Waals surface area contributed by atoms with Gasteiger partial charge in [-0.2, -0.15) is 0 Å². The molecule has 1 heterocycles. The highest BCUT2D eigenvalue weighted by atomic mass is 16.3. The molecule has 4 heteroatoms. The van der Waals surface area contributed by atoms with E-state index in [1.807, 2.05) is 13.8 Å². The summed E-state index contributed by atoms with van der Waals surface area (Å²) in [7, 11) is 0. The number of unbranched alkanes of at least 4 members (excludes halogenated alkanes) is 2. The fourth-order valence-electron chi connectivity index (χ4n) is 2.57. The molecule has 0 spiro atoms. The number of nitrogens with one attached hydrogen (secondary N) is 1. The Hall–Kier alpha value is -0.610. The molecule has 1 aliphatic heterocycles. The van der Waals surface area contributed by atoms with Crippen LogP contribution in [0.2, 0.25) is 0 Å². The van der Waals surface area contributed by atoms with Gasteiger partial charge in [-0.1, -0.05) is 19.8 Å². The molecule has 0 bridgehead atoms. The predicted octanol–water partition coefficient (Wildman–Crippen LogP) is 1.92. The monoisotopic (exact) mass is 270 g/mol. The number of hydrogen-bond acceptors (Lipinski definition) is 3. The van der Waals surface area contributed by atoms with Crippen molar-refractivity contribution >= 4 is 5.91 Å². The summed E-state index contributed by atoms with van der Waals surface area (Å²) < 4.78 is 0. The first kappa shape index (κ1) is 16.4. The van der Waals surface area contributed by atoms with Gasteiger partial charge in [0.1, 0.15) is 0 Å². The van der Waals surface area contributed by atoms with Crippen molar-refractivity contribution in [3.05, 3.63) is 0 Å². The van der Waals surface area contributed by atoms with Crippen molar-refractivity contribution in [3.8, 4) is 0 Å². The SMILES string of the molecule is CCCCCNC(=O)C(C)N1CCCC(C)(O)CC1. The van der Waals surface area contributed by atoms with Crippen LogP contribution in [-0.2, 0) is 4.79 Å². The predicted molar refractivity (Wildman–Crippen MR) is 78.0 cm³/mol. The van der Waals surface area contributed by atoms with Gasteiger partial charge in [0.25, 0.3) is 0 Å². The molecule has 1 fully saturated rings. The highest BCUT2D eigenvalue weighted by Gasteiger charge is 2.29. The number of aliphatic hydroxyl groups is 1. The number of hydrogen-bond donors (Lipinski definition) is 2. The Labute approximate surface area is 117 Å². The Morgan fingerprint density at radius 3 is 2.79 bits per heavy atom. The van der Waals surface area contributed by atoms with Crippen LogP contribution in [0, 0.1) is 0 Å². The molecule has 2 N–H and O–H groups in total. The van der Waals surface area contributed by atoms with Crippen LogP contribution >= 0.6 is 0 Å². The Morgan fingerprint density at radius 2 is 2.11 bits per heavy atom. The molecular formula is C15H30N2O2. The molecule has 2 atom stereocenters. The maximum absolute atomic E-state index is 12.1. The second kappa shape index (κ2) is 7.85. The minimum Gasteiger partial charge on any atom is -0.390 e. The van der Waals surface area contributed by atoms with Crippen LogP contribution in [0.5, 0.6) is 0 Å². The Balaban J connectivity index is 2.35. The summed E-state index contributed by atoms with van der Waals surface area (Å²) in [5, 5.41) is 13.1. The number of amides is 1. The smallest absolute Gasteiger partial charge is 0.237 e. The molecule has 1 amide bonds. The zero-order valence-electron chi connectivity index (χ0n) is 12.7. The highest BCUT2D eigenvalue weighted by Crippen LogP contribution is 2.22. The summed E-state index contributed by atoms with van der Waals surface area (Å²) >= 11 is 0. The zero-order chi connectivity index (χ0) is 14.3. The third kappa shape index (κ3) is 5.91. The van der Waals surface area contributed by atoms with Gasteiger partial charge in [-0.3, -0.25) is 9.69 Å². The lowest BCUT2D eigenvalue weighted by atomic mass is 9.98. The van der Waals surface area contributed by atoms with Crippen molar-refractivity contribution < 1.29 is 9.90 Å². The van der Waals surface area contributed by atoms with Gasteiger partial charge in [0.2, 0.25) is 5.91 Å². The maximum atomic E-state index is 12.1. The summed E-state index contributed by atoms with van der Waals surface area (Å²) in [5.41, 5.74) is -0.563. The molecule has 1 rings (SSSR count). The molecule has 112 valence electrons. The van der Waals surface area contributed by atoms with E-state index in [-0.39, 0.29) is 11.9 Å². The topological polar surface area (TPSA) is 52.6 Å². The average molecular weight is 270 g/mol. The molecule has 2 unspecified atom stereocenters. The van der Waals surface area contributed by atoms with Gasteiger partial charge in [0.15, 0.2) is 0 Å². The van der Waals surface area contributed by atoms with E-state index in [4.69, 9.17) is 0 Å². The van der Waals surface area contributed by atoms with Gasteiger partial charge >= 0.3 is 0 Å². The molecule has 0 radical (unpaired) electrons. The first-order chi connectivity index (χ1) is 8.96. The van der Waals surface area contributed by atoms with Crippen molar-refractivity contribution in [2.45, 2.75) is 70.9 Å². The van der Waals surface area contributed by atoms with Crippen molar-refractivity contribution in [1.29, 1.82) is 0 Å². The van der Waals surface area contributed by atoms with E-state index in [1.54, 1.807) is 0 Å². The summed E-state index contributed by atoms with van der Waals surface area (Å²) in [6.45, 7) is 8.51. The van der Waals surface area contributed by atoms with Gasteiger partial charge < -0.3 is 10.4 Å². The molecule has 4 nitrogen and oxygen atoms in total. The van der Waals surface area contributed by atoms with Crippen molar-refractivity contribution in [1.82, 2.24) is 10.2 Å². The normalized spacial score (nSPS) is 26.7. The van der Waals surface area contributed by atoms with E-state index in [0.717, 1.165) is 45.3 Å². The minimum absolute atomic E-state index is 0.0875. The Kier molecular flexibility index (Phi) is 6.80. The van der Waals surface area contributed by atoms with E-state index in [2.05, 4.69) is 17.1 Å². The van der Waals surface area contributed by atoms with Crippen LogP contribution in [0.1, 0.15) is 59.3 Å². The quantitative estimate of drug-likeness (QED) is 0.725. The minimum atomic E-state index is -0.563. The molecule has 1 aliphatic rings. The second-order valence-electron chi connectivity index (χ2n) is 6.06. The fourth-order valence-corrected chi connectivity index (χ4v) is 2.57. The summed E-state index contributed by atoms with van der Waals surface area (Å²) in [6, 6.07) is -0.0875. The van der Waals surface area contributed by atoms with Crippen LogP contribution < -0.4 is 5.32 Å². The molecule has 0 aliphatic carbocycles. The second-order valence-corrected chi connectivity index (χ2v) is 6.06. The fraction of sp³-hybridized carbons (Fsp3) is 0.933. The van der Waals surface area contributed by atoms with E-state index < -0.39 is 5.60 Å². The number of carbonyl (C=O) groups is 1. The third-order valence-electron chi connectivity index (χ3n) is 4.11.